The number of hydrogen-bond donors (Lipinski definition) is 0. The fraction of sp³-hybridized carbons (Fsp3) is 0.440. The molecular weight excluding hydrogens is 376 g/mol. The number of carbonyl (C=O) groups is 2. The monoisotopic (exact) mass is 408 g/mol. The molecule has 1 fully saturated rings. The second kappa shape index (κ2) is 8.90. The highest BCUT2D eigenvalue weighted by atomic mass is 16.5. The SMILES string of the molecule is Cc1ccc(OCC(=O)N2CCN(C(=O)c3ccccc3C)CC2)c(C(C)(C)C)c1. The van der Waals surface area contributed by atoms with E-state index in [0.717, 1.165) is 22.4 Å². The topological polar surface area (TPSA) is 49.9 Å². The van der Waals surface area contributed by atoms with E-state index < -0.39 is 0 Å². The molecule has 30 heavy (non-hydrogen) atoms. The van der Waals surface area contributed by atoms with Gasteiger partial charge in [-0.25, -0.2) is 0 Å². The number of ether oxygens (including phenoxy) is 1. The predicted octanol–water partition coefficient (Wildman–Crippen LogP) is 3.96. The highest BCUT2D eigenvalue weighted by Crippen LogP contribution is 2.32. The second-order valence-corrected chi connectivity index (χ2v) is 9.03. The summed E-state index contributed by atoms with van der Waals surface area (Å²) in [6, 6.07) is 13.7. The number of benzene rings is 2. The number of carbonyl (C=O) groups excluding carboxylic acids is 2. The number of piperazine rings is 1. The lowest BCUT2D eigenvalue weighted by atomic mass is 9.85. The van der Waals surface area contributed by atoms with E-state index in [1.54, 1.807) is 4.90 Å². The number of hydrogen-bond acceptors (Lipinski definition) is 3. The van der Waals surface area contributed by atoms with Crippen molar-refractivity contribution in [3.63, 3.8) is 0 Å². The van der Waals surface area contributed by atoms with Crippen molar-refractivity contribution in [2.24, 2.45) is 0 Å². The Kier molecular flexibility index (Phi) is 6.49. The first-order chi connectivity index (χ1) is 14.2. The predicted molar refractivity (Wildman–Crippen MR) is 119 cm³/mol. The van der Waals surface area contributed by atoms with Gasteiger partial charge in [0, 0.05) is 31.7 Å². The van der Waals surface area contributed by atoms with Crippen molar-refractivity contribution < 1.29 is 14.3 Å². The maximum Gasteiger partial charge on any atom is 0.260 e. The molecule has 0 radical (unpaired) electrons. The van der Waals surface area contributed by atoms with Crippen molar-refractivity contribution in [1.29, 1.82) is 0 Å². The number of rotatable bonds is 4. The molecule has 160 valence electrons. The molecule has 5 heteroatoms. The minimum absolute atomic E-state index is 0.0118. The Morgan fingerprint density at radius 3 is 2.20 bits per heavy atom. The molecule has 1 saturated heterocycles. The van der Waals surface area contributed by atoms with Crippen molar-refractivity contribution >= 4 is 11.8 Å². The fourth-order valence-electron chi connectivity index (χ4n) is 3.73. The summed E-state index contributed by atoms with van der Waals surface area (Å²) in [5.41, 5.74) is 3.92. The Bertz CT molecular complexity index is 922. The Morgan fingerprint density at radius 2 is 1.57 bits per heavy atom. The zero-order valence-electron chi connectivity index (χ0n) is 18.7. The summed E-state index contributed by atoms with van der Waals surface area (Å²) in [5, 5.41) is 0. The normalized spacial score (nSPS) is 14.6. The van der Waals surface area contributed by atoms with Crippen LogP contribution in [-0.2, 0) is 10.2 Å². The van der Waals surface area contributed by atoms with Gasteiger partial charge in [0.1, 0.15) is 5.75 Å². The van der Waals surface area contributed by atoms with Gasteiger partial charge in [0.2, 0.25) is 0 Å². The van der Waals surface area contributed by atoms with Gasteiger partial charge in [-0.2, -0.15) is 0 Å². The van der Waals surface area contributed by atoms with Crippen LogP contribution in [0.15, 0.2) is 42.5 Å². The van der Waals surface area contributed by atoms with Crippen LogP contribution >= 0.6 is 0 Å². The minimum atomic E-state index is -0.0635. The van der Waals surface area contributed by atoms with Crippen molar-refractivity contribution in [3.05, 3.63) is 64.7 Å². The van der Waals surface area contributed by atoms with Gasteiger partial charge in [-0.1, -0.05) is 56.7 Å². The van der Waals surface area contributed by atoms with Crippen LogP contribution in [0.2, 0.25) is 0 Å². The standard InChI is InChI=1S/C25H32N2O3/c1-18-10-11-22(21(16-18)25(3,4)5)30-17-23(28)26-12-14-27(15-13-26)24(29)20-9-7-6-8-19(20)2/h6-11,16H,12-15,17H2,1-5H3. The summed E-state index contributed by atoms with van der Waals surface area (Å²) in [7, 11) is 0. The van der Waals surface area contributed by atoms with Crippen LogP contribution in [0.4, 0.5) is 0 Å². The summed E-state index contributed by atoms with van der Waals surface area (Å²) < 4.78 is 5.92. The molecule has 1 aliphatic heterocycles. The lowest BCUT2D eigenvalue weighted by molar-refractivity contribution is -0.134. The molecule has 0 spiro atoms. The summed E-state index contributed by atoms with van der Waals surface area (Å²) in [6.07, 6.45) is 0. The smallest absolute Gasteiger partial charge is 0.260 e. The number of amides is 2. The zero-order valence-corrected chi connectivity index (χ0v) is 18.7. The van der Waals surface area contributed by atoms with Crippen molar-refractivity contribution in [1.82, 2.24) is 9.80 Å². The molecular formula is C25H32N2O3. The van der Waals surface area contributed by atoms with Crippen LogP contribution in [0, 0.1) is 13.8 Å². The molecule has 0 N–H and O–H groups in total. The van der Waals surface area contributed by atoms with E-state index in [-0.39, 0.29) is 23.8 Å². The van der Waals surface area contributed by atoms with Crippen molar-refractivity contribution in [2.75, 3.05) is 32.8 Å². The second-order valence-electron chi connectivity index (χ2n) is 9.03. The van der Waals surface area contributed by atoms with Gasteiger partial charge < -0.3 is 14.5 Å². The number of nitrogens with zero attached hydrogens (tertiary/aromatic N) is 2. The van der Waals surface area contributed by atoms with E-state index in [0.29, 0.717) is 26.2 Å². The van der Waals surface area contributed by atoms with Crippen LogP contribution in [0.3, 0.4) is 0 Å². The largest absolute Gasteiger partial charge is 0.483 e. The van der Waals surface area contributed by atoms with E-state index in [1.165, 1.54) is 5.56 Å². The van der Waals surface area contributed by atoms with Gasteiger partial charge in [-0.3, -0.25) is 9.59 Å². The molecule has 3 rings (SSSR count). The molecule has 2 aromatic carbocycles. The molecule has 0 unspecified atom stereocenters. The van der Waals surface area contributed by atoms with E-state index in [4.69, 9.17) is 4.74 Å². The van der Waals surface area contributed by atoms with Gasteiger partial charge in [-0.05, 0) is 42.5 Å². The summed E-state index contributed by atoms with van der Waals surface area (Å²) >= 11 is 0. The maximum absolute atomic E-state index is 12.8. The van der Waals surface area contributed by atoms with Crippen LogP contribution < -0.4 is 4.74 Å². The van der Waals surface area contributed by atoms with Gasteiger partial charge in [0.05, 0.1) is 0 Å². The Hall–Kier alpha value is -2.82. The Balaban J connectivity index is 1.57. The van der Waals surface area contributed by atoms with Crippen LogP contribution in [0.5, 0.6) is 5.75 Å². The van der Waals surface area contributed by atoms with Crippen molar-refractivity contribution in [3.8, 4) is 5.75 Å². The van der Waals surface area contributed by atoms with Gasteiger partial charge >= 0.3 is 0 Å². The van der Waals surface area contributed by atoms with E-state index in [9.17, 15) is 9.59 Å². The molecule has 0 saturated carbocycles. The molecule has 0 aliphatic carbocycles. The molecule has 0 bridgehead atoms. The summed E-state index contributed by atoms with van der Waals surface area (Å²) in [6.45, 7) is 12.6. The lowest BCUT2D eigenvalue weighted by Crippen LogP contribution is -2.51. The maximum atomic E-state index is 12.8. The zero-order chi connectivity index (χ0) is 21.9. The molecule has 2 aromatic rings. The molecule has 1 heterocycles. The van der Waals surface area contributed by atoms with Gasteiger partial charge in [0.15, 0.2) is 6.61 Å². The third-order valence-electron chi connectivity index (χ3n) is 5.59. The van der Waals surface area contributed by atoms with E-state index in [1.807, 2.05) is 48.2 Å². The van der Waals surface area contributed by atoms with E-state index in [2.05, 4.69) is 33.8 Å². The lowest BCUT2D eigenvalue weighted by Gasteiger charge is -2.35. The summed E-state index contributed by atoms with van der Waals surface area (Å²) in [4.78, 5) is 29.1. The van der Waals surface area contributed by atoms with Crippen LogP contribution in [0.1, 0.15) is 47.8 Å². The van der Waals surface area contributed by atoms with E-state index >= 15 is 0 Å². The Morgan fingerprint density at radius 1 is 0.933 bits per heavy atom. The average Bonchev–Trinajstić information content (AvgIpc) is 2.72. The molecule has 0 aromatic heterocycles. The third kappa shape index (κ3) is 5.02. The third-order valence-corrected chi connectivity index (χ3v) is 5.59. The molecule has 5 nitrogen and oxygen atoms in total. The molecule has 2 amide bonds. The average molecular weight is 409 g/mol. The first-order valence-corrected chi connectivity index (χ1v) is 10.5. The van der Waals surface area contributed by atoms with Crippen LogP contribution in [0.25, 0.3) is 0 Å². The number of aryl methyl sites for hydroxylation is 2. The van der Waals surface area contributed by atoms with Crippen LogP contribution in [-0.4, -0.2) is 54.4 Å². The highest BCUT2D eigenvalue weighted by Gasteiger charge is 2.26. The summed E-state index contributed by atoms with van der Waals surface area (Å²) in [5.74, 6) is 0.749. The first kappa shape index (κ1) is 21.9. The molecule has 1 aliphatic rings. The van der Waals surface area contributed by atoms with Gasteiger partial charge in [0.25, 0.3) is 11.8 Å². The van der Waals surface area contributed by atoms with Gasteiger partial charge in [-0.15, -0.1) is 0 Å². The Labute approximate surface area is 179 Å². The van der Waals surface area contributed by atoms with Crippen molar-refractivity contribution in [2.45, 2.75) is 40.0 Å². The highest BCUT2D eigenvalue weighted by molar-refractivity contribution is 5.95. The fourth-order valence-corrected chi connectivity index (χ4v) is 3.73. The minimum Gasteiger partial charge on any atom is -0.483 e. The quantitative estimate of drug-likeness (QED) is 0.769. The first-order valence-electron chi connectivity index (χ1n) is 10.5. The molecule has 0 atom stereocenters.